The Morgan fingerprint density at radius 3 is 2.33 bits per heavy atom. The van der Waals surface area contributed by atoms with Gasteiger partial charge in [0.1, 0.15) is 18.1 Å². The number of esters is 1. The molecule has 1 amide bonds. The van der Waals surface area contributed by atoms with Crippen molar-refractivity contribution >= 4 is 34.0 Å². The lowest BCUT2D eigenvalue weighted by Crippen LogP contribution is -2.17. The molecule has 0 saturated heterocycles. The molecule has 36 heavy (non-hydrogen) atoms. The smallest absolute Gasteiger partial charge is 0.343 e. The Labute approximate surface area is 217 Å². The maximum absolute atomic E-state index is 12.5. The second kappa shape index (κ2) is 12.0. The zero-order valence-electron chi connectivity index (χ0n) is 19.5. The second-order valence-electron chi connectivity index (χ2n) is 7.94. The lowest BCUT2D eigenvalue weighted by molar-refractivity contribution is 0.0734. The SMILES string of the molecule is Cc1ccc(COc2ccc(C(=O)NN=Cc3cc(Br)ccc3OC(=O)c3ccccc3)cc2)cc1. The molecule has 0 atom stereocenters. The Morgan fingerprint density at radius 2 is 1.61 bits per heavy atom. The van der Waals surface area contributed by atoms with Gasteiger partial charge in [0.2, 0.25) is 0 Å². The summed E-state index contributed by atoms with van der Waals surface area (Å²) >= 11 is 3.40. The lowest BCUT2D eigenvalue weighted by atomic mass is 10.2. The van der Waals surface area contributed by atoms with Gasteiger partial charge in [-0.2, -0.15) is 5.10 Å². The molecule has 0 spiro atoms. The van der Waals surface area contributed by atoms with Crippen LogP contribution in [0.15, 0.2) is 107 Å². The average molecular weight is 543 g/mol. The third kappa shape index (κ3) is 6.90. The summed E-state index contributed by atoms with van der Waals surface area (Å²) in [5, 5.41) is 4.04. The highest BCUT2D eigenvalue weighted by Gasteiger charge is 2.11. The summed E-state index contributed by atoms with van der Waals surface area (Å²) in [5.41, 5.74) is 6.14. The largest absolute Gasteiger partial charge is 0.489 e. The summed E-state index contributed by atoms with van der Waals surface area (Å²) in [5.74, 6) is 0.116. The van der Waals surface area contributed by atoms with E-state index in [9.17, 15) is 9.59 Å². The first-order valence-electron chi connectivity index (χ1n) is 11.2. The molecule has 0 aliphatic heterocycles. The molecule has 180 valence electrons. The van der Waals surface area contributed by atoms with Crippen LogP contribution >= 0.6 is 15.9 Å². The van der Waals surface area contributed by atoms with E-state index in [0.717, 1.165) is 10.0 Å². The van der Waals surface area contributed by atoms with Crippen LogP contribution in [0.3, 0.4) is 0 Å². The van der Waals surface area contributed by atoms with E-state index in [4.69, 9.17) is 9.47 Å². The molecule has 4 aromatic rings. The number of hydrazone groups is 1. The predicted molar refractivity (Wildman–Crippen MR) is 143 cm³/mol. The van der Waals surface area contributed by atoms with Crippen molar-refractivity contribution in [3.63, 3.8) is 0 Å². The summed E-state index contributed by atoms with van der Waals surface area (Å²) in [7, 11) is 0. The molecule has 4 aromatic carbocycles. The molecule has 0 saturated carbocycles. The number of carbonyl (C=O) groups is 2. The van der Waals surface area contributed by atoms with Gasteiger partial charge < -0.3 is 9.47 Å². The van der Waals surface area contributed by atoms with Crippen LogP contribution in [0.25, 0.3) is 0 Å². The first kappa shape index (κ1) is 24.9. The van der Waals surface area contributed by atoms with E-state index >= 15 is 0 Å². The molecule has 0 aliphatic carbocycles. The summed E-state index contributed by atoms with van der Waals surface area (Å²) < 4.78 is 12.1. The zero-order chi connectivity index (χ0) is 25.3. The van der Waals surface area contributed by atoms with E-state index in [1.807, 2.05) is 37.3 Å². The zero-order valence-corrected chi connectivity index (χ0v) is 21.1. The summed E-state index contributed by atoms with van der Waals surface area (Å²) in [6, 6.07) is 28.8. The summed E-state index contributed by atoms with van der Waals surface area (Å²) in [4.78, 5) is 24.9. The molecule has 0 unspecified atom stereocenters. The van der Waals surface area contributed by atoms with Crippen molar-refractivity contribution in [3.8, 4) is 11.5 Å². The average Bonchev–Trinajstić information content (AvgIpc) is 2.90. The highest BCUT2D eigenvalue weighted by molar-refractivity contribution is 9.10. The number of carbonyl (C=O) groups excluding carboxylic acids is 2. The molecule has 0 aromatic heterocycles. The van der Waals surface area contributed by atoms with Crippen LogP contribution in [0.1, 0.15) is 37.4 Å². The number of hydrogen-bond donors (Lipinski definition) is 1. The Morgan fingerprint density at radius 1 is 0.889 bits per heavy atom. The van der Waals surface area contributed by atoms with E-state index in [0.29, 0.717) is 34.8 Å². The van der Waals surface area contributed by atoms with Gasteiger partial charge in [-0.15, -0.1) is 0 Å². The Balaban J connectivity index is 1.35. The first-order valence-corrected chi connectivity index (χ1v) is 12.0. The van der Waals surface area contributed by atoms with Crippen molar-refractivity contribution in [2.75, 3.05) is 0 Å². The monoisotopic (exact) mass is 542 g/mol. The van der Waals surface area contributed by atoms with Gasteiger partial charge in [0, 0.05) is 15.6 Å². The molecule has 0 heterocycles. The number of aryl methyl sites for hydroxylation is 1. The van der Waals surface area contributed by atoms with Crippen molar-refractivity contribution in [1.29, 1.82) is 0 Å². The van der Waals surface area contributed by atoms with Crippen molar-refractivity contribution in [2.24, 2.45) is 5.10 Å². The summed E-state index contributed by atoms with van der Waals surface area (Å²) in [6.45, 7) is 2.48. The van der Waals surface area contributed by atoms with E-state index in [2.05, 4.69) is 26.5 Å². The fraction of sp³-hybridized carbons (Fsp3) is 0.0690. The Bertz CT molecular complexity index is 1370. The number of nitrogens with one attached hydrogen (secondary N) is 1. The lowest BCUT2D eigenvalue weighted by Gasteiger charge is -2.08. The summed E-state index contributed by atoms with van der Waals surface area (Å²) in [6.07, 6.45) is 1.43. The standard InChI is InChI=1S/C29H23BrN2O4/c1-20-7-9-21(10-8-20)19-35-26-14-11-22(12-15-26)28(33)32-31-18-24-17-25(30)13-16-27(24)36-29(34)23-5-3-2-4-6-23/h2-18H,19H2,1H3,(H,32,33). The van der Waals surface area contributed by atoms with Gasteiger partial charge in [-0.05, 0) is 67.1 Å². The molecule has 4 rings (SSSR count). The Kier molecular flexibility index (Phi) is 8.26. The van der Waals surface area contributed by atoms with Crippen molar-refractivity contribution in [3.05, 3.63) is 129 Å². The third-order valence-corrected chi connectivity index (χ3v) is 5.69. The first-order chi connectivity index (χ1) is 17.5. The molecule has 0 bridgehead atoms. The molecular weight excluding hydrogens is 520 g/mol. The van der Waals surface area contributed by atoms with Crippen LogP contribution in [-0.2, 0) is 6.61 Å². The van der Waals surface area contributed by atoms with Gasteiger partial charge in [0.15, 0.2) is 0 Å². The van der Waals surface area contributed by atoms with Crippen LogP contribution in [0, 0.1) is 6.92 Å². The van der Waals surface area contributed by atoms with E-state index in [1.54, 1.807) is 66.7 Å². The highest BCUT2D eigenvalue weighted by Crippen LogP contribution is 2.23. The predicted octanol–water partition coefficient (Wildman–Crippen LogP) is 6.32. The van der Waals surface area contributed by atoms with Gasteiger partial charge in [-0.3, -0.25) is 4.79 Å². The van der Waals surface area contributed by atoms with Crippen LogP contribution in [0.5, 0.6) is 11.5 Å². The van der Waals surface area contributed by atoms with Gasteiger partial charge in [-0.1, -0.05) is 64.0 Å². The molecule has 0 radical (unpaired) electrons. The maximum Gasteiger partial charge on any atom is 0.343 e. The molecule has 0 aliphatic rings. The van der Waals surface area contributed by atoms with Gasteiger partial charge in [0.25, 0.3) is 5.91 Å². The van der Waals surface area contributed by atoms with Gasteiger partial charge in [0.05, 0.1) is 11.8 Å². The number of nitrogens with zero attached hydrogens (tertiary/aromatic N) is 1. The number of hydrogen-bond acceptors (Lipinski definition) is 5. The number of amides is 1. The number of halogens is 1. The minimum atomic E-state index is -0.485. The Hall–Kier alpha value is -4.23. The molecular formula is C29H23BrN2O4. The van der Waals surface area contributed by atoms with Crippen LogP contribution in [-0.4, -0.2) is 18.1 Å². The molecule has 7 heteroatoms. The van der Waals surface area contributed by atoms with Crippen molar-refractivity contribution in [2.45, 2.75) is 13.5 Å². The molecule has 0 fully saturated rings. The fourth-order valence-electron chi connectivity index (χ4n) is 3.22. The van der Waals surface area contributed by atoms with Crippen LogP contribution in [0.2, 0.25) is 0 Å². The molecule has 1 N–H and O–H groups in total. The fourth-order valence-corrected chi connectivity index (χ4v) is 3.60. The van der Waals surface area contributed by atoms with Crippen LogP contribution < -0.4 is 14.9 Å². The minimum Gasteiger partial charge on any atom is -0.489 e. The topological polar surface area (TPSA) is 77.0 Å². The molecule has 6 nitrogen and oxygen atoms in total. The van der Waals surface area contributed by atoms with Crippen molar-refractivity contribution < 1.29 is 19.1 Å². The number of benzene rings is 4. The van der Waals surface area contributed by atoms with Crippen molar-refractivity contribution in [1.82, 2.24) is 5.43 Å². The van der Waals surface area contributed by atoms with Gasteiger partial charge in [-0.25, -0.2) is 10.2 Å². The maximum atomic E-state index is 12.5. The number of rotatable bonds is 8. The van der Waals surface area contributed by atoms with E-state index in [-0.39, 0.29) is 5.91 Å². The van der Waals surface area contributed by atoms with Crippen LogP contribution in [0.4, 0.5) is 0 Å². The van der Waals surface area contributed by atoms with Gasteiger partial charge >= 0.3 is 5.97 Å². The van der Waals surface area contributed by atoms with E-state index < -0.39 is 5.97 Å². The number of ether oxygens (including phenoxy) is 2. The quantitative estimate of drug-likeness (QED) is 0.122. The minimum absolute atomic E-state index is 0.320. The second-order valence-corrected chi connectivity index (χ2v) is 8.85. The van der Waals surface area contributed by atoms with E-state index in [1.165, 1.54) is 11.8 Å². The third-order valence-electron chi connectivity index (χ3n) is 5.20. The normalized spacial score (nSPS) is 10.7. The highest BCUT2D eigenvalue weighted by atomic mass is 79.9.